The van der Waals surface area contributed by atoms with Crippen LogP contribution in [0.25, 0.3) is 0 Å². The fraction of sp³-hybridized carbons (Fsp3) is 0.267. The molecule has 0 aliphatic heterocycles. The molecule has 0 aliphatic carbocycles. The maximum atomic E-state index is 10.6. The van der Waals surface area contributed by atoms with E-state index in [1.54, 1.807) is 11.3 Å². The van der Waals surface area contributed by atoms with E-state index >= 15 is 0 Å². The highest BCUT2D eigenvalue weighted by Gasteiger charge is 2.05. The second kappa shape index (κ2) is 6.90. The number of anilines is 1. The van der Waals surface area contributed by atoms with E-state index in [1.807, 2.05) is 24.3 Å². The number of carboxylic acids is 1. The normalized spacial score (nSPS) is 10.5. The molecule has 0 saturated carbocycles. The first-order valence-electron chi connectivity index (χ1n) is 6.34. The molecule has 20 heavy (non-hydrogen) atoms. The molecule has 2 N–H and O–H groups in total. The molecular formula is C15H16BrNO2S. The molecule has 0 amide bonds. The average Bonchev–Trinajstić information content (AvgIpc) is 2.73. The van der Waals surface area contributed by atoms with Gasteiger partial charge >= 0.3 is 5.97 Å². The Labute approximate surface area is 130 Å². The lowest BCUT2D eigenvalue weighted by Crippen LogP contribution is -2.00. The number of hydrogen-bond donors (Lipinski definition) is 2. The summed E-state index contributed by atoms with van der Waals surface area (Å²) in [6.07, 6.45) is 0.728. The van der Waals surface area contributed by atoms with Gasteiger partial charge in [-0.3, -0.25) is 4.79 Å². The molecule has 0 spiro atoms. The van der Waals surface area contributed by atoms with Crippen molar-refractivity contribution in [3.63, 3.8) is 0 Å². The van der Waals surface area contributed by atoms with Crippen molar-refractivity contribution in [3.05, 3.63) is 50.1 Å². The van der Waals surface area contributed by atoms with Crippen LogP contribution in [0.4, 0.5) is 5.69 Å². The van der Waals surface area contributed by atoms with Crippen LogP contribution in [-0.4, -0.2) is 11.1 Å². The van der Waals surface area contributed by atoms with Gasteiger partial charge in [0.05, 0.1) is 6.54 Å². The summed E-state index contributed by atoms with van der Waals surface area (Å²) in [5.41, 5.74) is 2.06. The van der Waals surface area contributed by atoms with Gasteiger partial charge < -0.3 is 10.4 Å². The van der Waals surface area contributed by atoms with Crippen molar-refractivity contribution in [3.8, 4) is 0 Å². The minimum absolute atomic E-state index is 0.166. The summed E-state index contributed by atoms with van der Waals surface area (Å²) in [6, 6.07) is 10.0. The summed E-state index contributed by atoms with van der Waals surface area (Å²) < 4.78 is 1.13. The lowest BCUT2D eigenvalue weighted by Gasteiger charge is -2.07. The molecule has 1 aromatic heterocycles. The predicted molar refractivity (Wildman–Crippen MR) is 86.5 cm³/mol. The van der Waals surface area contributed by atoms with Gasteiger partial charge in [-0.05, 0) is 53.0 Å². The average molecular weight is 354 g/mol. The molecule has 106 valence electrons. The molecule has 0 radical (unpaired) electrons. The summed E-state index contributed by atoms with van der Waals surface area (Å²) >= 11 is 5.32. The SMILES string of the molecule is Cc1cc(Br)c(CNc2cccc(CCC(=O)O)c2)s1. The van der Waals surface area contributed by atoms with Gasteiger partial charge in [0.2, 0.25) is 0 Å². The van der Waals surface area contributed by atoms with Gasteiger partial charge in [0, 0.05) is 26.3 Å². The van der Waals surface area contributed by atoms with E-state index in [9.17, 15) is 4.79 Å². The number of halogens is 1. The Morgan fingerprint density at radius 3 is 2.85 bits per heavy atom. The van der Waals surface area contributed by atoms with E-state index < -0.39 is 5.97 Å². The zero-order valence-corrected chi connectivity index (χ0v) is 13.6. The van der Waals surface area contributed by atoms with E-state index in [2.05, 4.69) is 34.2 Å². The Morgan fingerprint density at radius 2 is 2.20 bits per heavy atom. The fourth-order valence-corrected chi connectivity index (χ4v) is 3.67. The quantitative estimate of drug-likeness (QED) is 0.806. The highest BCUT2D eigenvalue weighted by molar-refractivity contribution is 9.10. The Bertz CT molecular complexity index is 610. The first-order valence-corrected chi connectivity index (χ1v) is 7.95. The smallest absolute Gasteiger partial charge is 0.303 e. The number of hydrogen-bond acceptors (Lipinski definition) is 3. The molecule has 5 heteroatoms. The molecule has 3 nitrogen and oxygen atoms in total. The molecule has 2 rings (SSSR count). The first kappa shape index (κ1) is 15.1. The van der Waals surface area contributed by atoms with Crippen molar-refractivity contribution in [2.45, 2.75) is 26.3 Å². The van der Waals surface area contributed by atoms with Crippen LogP contribution in [0.2, 0.25) is 0 Å². The fourth-order valence-electron chi connectivity index (χ4n) is 1.92. The van der Waals surface area contributed by atoms with Crippen LogP contribution in [0.5, 0.6) is 0 Å². The second-order valence-electron chi connectivity index (χ2n) is 4.58. The van der Waals surface area contributed by atoms with Gasteiger partial charge in [0.25, 0.3) is 0 Å². The molecule has 2 aromatic rings. The van der Waals surface area contributed by atoms with Crippen molar-refractivity contribution in [1.82, 2.24) is 0 Å². The first-order chi connectivity index (χ1) is 9.54. The minimum atomic E-state index is -0.763. The number of nitrogens with one attached hydrogen (secondary N) is 1. The van der Waals surface area contributed by atoms with Gasteiger partial charge in [-0.1, -0.05) is 12.1 Å². The van der Waals surface area contributed by atoms with Gasteiger partial charge in [-0.25, -0.2) is 0 Å². The standard InChI is InChI=1S/C15H16BrNO2S/c1-10-7-13(16)14(20-10)9-17-12-4-2-3-11(8-12)5-6-15(18)19/h2-4,7-8,17H,5-6,9H2,1H3,(H,18,19). The molecule has 0 bridgehead atoms. The van der Waals surface area contributed by atoms with E-state index in [0.29, 0.717) is 6.42 Å². The summed E-state index contributed by atoms with van der Waals surface area (Å²) in [7, 11) is 0. The zero-order chi connectivity index (χ0) is 14.5. The van der Waals surface area contributed by atoms with Crippen molar-refractivity contribution in [1.29, 1.82) is 0 Å². The Balaban J connectivity index is 1.97. The van der Waals surface area contributed by atoms with Crippen LogP contribution >= 0.6 is 27.3 Å². The maximum Gasteiger partial charge on any atom is 0.303 e. The summed E-state index contributed by atoms with van der Waals surface area (Å²) in [6.45, 7) is 2.85. The van der Waals surface area contributed by atoms with E-state index in [1.165, 1.54) is 9.75 Å². The van der Waals surface area contributed by atoms with Gasteiger partial charge in [-0.15, -0.1) is 11.3 Å². The van der Waals surface area contributed by atoms with Gasteiger partial charge in [0.1, 0.15) is 0 Å². The van der Waals surface area contributed by atoms with Gasteiger partial charge in [-0.2, -0.15) is 0 Å². The van der Waals surface area contributed by atoms with Crippen LogP contribution in [0, 0.1) is 6.92 Å². The molecule has 0 saturated heterocycles. The summed E-state index contributed by atoms with van der Waals surface area (Å²) in [5, 5.41) is 12.1. The van der Waals surface area contributed by atoms with Crippen molar-refractivity contribution in [2.24, 2.45) is 0 Å². The monoisotopic (exact) mass is 353 g/mol. The van der Waals surface area contributed by atoms with Gasteiger partial charge in [0.15, 0.2) is 0 Å². The Hall–Kier alpha value is -1.33. The number of carboxylic acid groups (broad SMARTS) is 1. The Kier molecular flexibility index (Phi) is 5.20. The van der Waals surface area contributed by atoms with Crippen molar-refractivity contribution in [2.75, 3.05) is 5.32 Å². The number of benzene rings is 1. The zero-order valence-electron chi connectivity index (χ0n) is 11.1. The number of carbonyl (C=O) groups is 1. The van der Waals surface area contributed by atoms with Crippen LogP contribution in [-0.2, 0) is 17.8 Å². The van der Waals surface area contributed by atoms with Crippen LogP contribution < -0.4 is 5.32 Å². The topological polar surface area (TPSA) is 49.3 Å². The van der Waals surface area contributed by atoms with Crippen molar-refractivity contribution >= 4 is 38.9 Å². The maximum absolute atomic E-state index is 10.6. The molecule has 0 unspecified atom stereocenters. The highest BCUT2D eigenvalue weighted by atomic mass is 79.9. The molecule has 0 fully saturated rings. The van der Waals surface area contributed by atoms with E-state index in [4.69, 9.17) is 5.11 Å². The second-order valence-corrected chi connectivity index (χ2v) is 6.77. The molecule has 1 heterocycles. The molecule has 1 aromatic carbocycles. The molecule has 0 aliphatic rings. The lowest BCUT2D eigenvalue weighted by atomic mass is 10.1. The van der Waals surface area contributed by atoms with Crippen LogP contribution in [0.3, 0.4) is 0 Å². The van der Waals surface area contributed by atoms with E-state index in [0.717, 1.165) is 22.3 Å². The third kappa shape index (κ3) is 4.35. The summed E-state index contributed by atoms with van der Waals surface area (Å²) in [5.74, 6) is -0.763. The number of aryl methyl sites for hydroxylation is 2. The highest BCUT2D eigenvalue weighted by Crippen LogP contribution is 2.27. The van der Waals surface area contributed by atoms with Crippen LogP contribution in [0.15, 0.2) is 34.8 Å². The largest absolute Gasteiger partial charge is 0.481 e. The number of thiophene rings is 1. The van der Waals surface area contributed by atoms with Crippen molar-refractivity contribution < 1.29 is 9.90 Å². The molecular weight excluding hydrogens is 338 g/mol. The lowest BCUT2D eigenvalue weighted by molar-refractivity contribution is -0.136. The summed E-state index contributed by atoms with van der Waals surface area (Å²) in [4.78, 5) is 13.1. The minimum Gasteiger partial charge on any atom is -0.481 e. The Morgan fingerprint density at radius 1 is 1.40 bits per heavy atom. The number of aliphatic carboxylic acids is 1. The molecule has 0 atom stereocenters. The number of rotatable bonds is 6. The van der Waals surface area contributed by atoms with E-state index in [-0.39, 0.29) is 6.42 Å². The van der Waals surface area contributed by atoms with Crippen LogP contribution in [0.1, 0.15) is 21.7 Å². The third-order valence-corrected chi connectivity index (χ3v) is 4.91. The predicted octanol–water partition coefficient (Wildman–Crippen LogP) is 4.45. The third-order valence-electron chi connectivity index (χ3n) is 2.89.